The average Bonchev–Trinajstić information content (AvgIpc) is 3.81. The van der Waals surface area contributed by atoms with Gasteiger partial charge in [-0.1, -0.05) is 90.9 Å². The molecular formula is C34H34Cl2F3N8NaO12S7. The van der Waals surface area contributed by atoms with E-state index in [2.05, 4.69) is 58.3 Å². The predicted molar refractivity (Wildman–Crippen MR) is 246 cm³/mol. The minimum Gasteiger partial charge on any atom is -0.870 e. The van der Waals surface area contributed by atoms with Crippen molar-refractivity contribution in [3.05, 3.63) is 56.0 Å². The van der Waals surface area contributed by atoms with Crippen molar-refractivity contribution in [1.82, 2.24) is 39.9 Å². The van der Waals surface area contributed by atoms with E-state index in [9.17, 15) is 45.9 Å². The van der Waals surface area contributed by atoms with Gasteiger partial charge in [0.05, 0.1) is 58.7 Å². The van der Waals surface area contributed by atoms with E-state index in [-0.39, 0.29) is 97.4 Å². The van der Waals surface area contributed by atoms with Crippen LogP contribution in [-0.4, -0.2) is 129 Å². The summed E-state index contributed by atoms with van der Waals surface area (Å²) in [7, 11) is -2.45. The topological polar surface area (TPSA) is 286 Å². The third-order valence-electron chi connectivity index (χ3n) is 6.71. The standard InChI is InChI=1S/C10H7F3N2O5S3.C9H8N2O3S2.C7H7ClN2O2S.C6H5ClN2O2S.2CH4.Na/c1-19-8(16)7-6(20-23(17,18)10(11,12)13)5-4(22-7)3-14-9(15-5)21-2;1-14-8(13)7-6(12)5-4(16-7)3-10-9(11-5)15-2;1-12-6(11)5-4(8)3-9-7(10-5)13-2;1-12-6-8-2-3(7)4(9-6)5(10)11;;;/h3H,1-2H3;3,12H,1-2H3;3H,1-2H3;2H,1H3,(H,10,11);2*1H4;/q;;;;;;+1/p-1. The van der Waals surface area contributed by atoms with Gasteiger partial charge in [0, 0.05) is 12.4 Å². The first kappa shape index (κ1) is 63.4. The second kappa shape index (κ2) is 28.8. The number of nitrogens with zero attached hydrogens (tertiary/aromatic N) is 8. The number of carboxylic acid groups (broad SMARTS) is 1. The Hall–Kier alpha value is -3.56. The number of aromatic nitrogens is 8. The zero-order valence-electron chi connectivity index (χ0n) is 34.1. The number of thiophene rings is 2. The van der Waals surface area contributed by atoms with E-state index in [0.29, 0.717) is 31.5 Å². The van der Waals surface area contributed by atoms with Crippen molar-refractivity contribution in [3.63, 3.8) is 0 Å². The zero-order chi connectivity index (χ0) is 48.1. The Kier molecular flexibility index (Phi) is 27.3. The molecule has 0 aliphatic carbocycles. The molecule has 6 aromatic rings. The number of esters is 3. The number of hydrogen-bond acceptors (Lipinski definition) is 25. The van der Waals surface area contributed by atoms with Crippen LogP contribution in [0.3, 0.4) is 0 Å². The van der Waals surface area contributed by atoms with Crippen molar-refractivity contribution in [2.45, 2.75) is 41.0 Å². The van der Waals surface area contributed by atoms with Gasteiger partial charge in [-0.15, -0.1) is 22.7 Å². The number of carbonyl (C=O) groups is 4. The fraction of sp³-hybridized carbons (Fsp3) is 0.294. The van der Waals surface area contributed by atoms with E-state index in [0.717, 1.165) is 30.2 Å². The molecule has 20 nitrogen and oxygen atoms in total. The minimum absolute atomic E-state index is 0. The van der Waals surface area contributed by atoms with Gasteiger partial charge in [-0.3, -0.25) is 0 Å². The molecular weight excluding hydrogens is 1090 g/mol. The molecule has 0 saturated carbocycles. The Bertz CT molecular complexity index is 2800. The van der Waals surface area contributed by atoms with Crippen molar-refractivity contribution in [1.29, 1.82) is 0 Å². The number of fused-ring (bicyclic) bond motifs is 2. The van der Waals surface area contributed by atoms with E-state index < -0.39 is 50.1 Å². The summed E-state index contributed by atoms with van der Waals surface area (Å²) < 4.78 is 78.4. The van der Waals surface area contributed by atoms with Gasteiger partial charge in [0.1, 0.15) is 10.4 Å². The summed E-state index contributed by atoms with van der Waals surface area (Å²) in [6.07, 6.45) is 12.5. The minimum atomic E-state index is -5.96. The summed E-state index contributed by atoms with van der Waals surface area (Å²) in [5.74, 6) is -4.58. The summed E-state index contributed by atoms with van der Waals surface area (Å²) in [5, 5.41) is 22.2. The largest absolute Gasteiger partial charge is 1.00 e. The maximum absolute atomic E-state index is 12.5. The van der Waals surface area contributed by atoms with Crippen molar-refractivity contribution in [2.75, 3.05) is 46.4 Å². The smallest absolute Gasteiger partial charge is 0.870 e. The van der Waals surface area contributed by atoms with Crippen LogP contribution in [0, 0.1) is 0 Å². The molecule has 360 valence electrons. The Morgan fingerprint density at radius 1 is 0.657 bits per heavy atom. The second-order valence-electron chi connectivity index (χ2n) is 10.5. The Morgan fingerprint density at radius 3 is 1.46 bits per heavy atom. The molecule has 1 N–H and O–H groups in total. The van der Waals surface area contributed by atoms with E-state index >= 15 is 0 Å². The number of methoxy groups -OCH3 is 3. The van der Waals surface area contributed by atoms with Gasteiger partial charge in [-0.05, 0) is 25.0 Å². The summed E-state index contributed by atoms with van der Waals surface area (Å²) in [4.78, 5) is 75.4. The molecule has 0 spiro atoms. The fourth-order valence-corrected chi connectivity index (χ4v) is 7.99. The molecule has 0 fully saturated rings. The van der Waals surface area contributed by atoms with Crippen LogP contribution >= 0.6 is 92.9 Å². The summed E-state index contributed by atoms with van der Waals surface area (Å²) >= 11 is 18.0. The van der Waals surface area contributed by atoms with Gasteiger partial charge in [0.25, 0.3) is 0 Å². The number of halogens is 5. The first-order valence-corrected chi connectivity index (χ1v) is 24.8. The maximum Gasteiger partial charge on any atom is 1.00 e. The van der Waals surface area contributed by atoms with E-state index in [1.807, 2.05) is 12.5 Å². The molecule has 0 radical (unpaired) electrons. The number of aromatic carboxylic acids is 1. The van der Waals surface area contributed by atoms with Crippen molar-refractivity contribution >= 4 is 147 Å². The zero-order valence-corrected chi connectivity index (χ0v) is 43.3. The average molecular weight is 1120 g/mol. The second-order valence-corrected chi connectivity index (χ2v) is 18.1. The monoisotopic (exact) mass is 1120 g/mol. The first-order chi connectivity index (χ1) is 30.1. The number of hydrogen-bond donors (Lipinski definition) is 1. The SMILES string of the molecule is C.C.COC(=O)c1nc(SC)ncc1Cl.COC(=O)c1sc2cnc(SC)nc2c1OS(=O)(=O)C(F)(F)F.COC(=O)c1sc2cnc(SC)nc2c1[O-].CSc1ncc(Cl)c(C(=O)O)n1.[Na+]. The molecule has 6 heterocycles. The molecule has 67 heavy (non-hydrogen) atoms. The van der Waals surface area contributed by atoms with Crippen LogP contribution in [-0.2, 0) is 24.3 Å². The Labute approximate surface area is 437 Å². The fourth-order valence-electron chi connectivity index (χ4n) is 3.89. The van der Waals surface area contributed by atoms with E-state index in [1.165, 1.54) is 68.1 Å². The third-order valence-corrected chi connectivity index (χ3v) is 12.6. The quantitative estimate of drug-likeness (QED) is 0.0352. The predicted octanol–water partition coefficient (Wildman–Crippen LogP) is 5.17. The summed E-state index contributed by atoms with van der Waals surface area (Å²) in [6.45, 7) is 0. The maximum atomic E-state index is 12.5. The molecule has 0 bridgehead atoms. The Morgan fingerprint density at radius 2 is 1.03 bits per heavy atom. The van der Waals surface area contributed by atoms with Crippen LogP contribution in [0.5, 0.6) is 11.5 Å². The number of thioether (sulfide) groups is 4. The molecule has 0 aliphatic rings. The molecule has 0 aromatic carbocycles. The molecule has 0 saturated heterocycles. The number of alkyl halides is 3. The third kappa shape index (κ3) is 16.8. The van der Waals surface area contributed by atoms with Gasteiger partial charge in [-0.2, -0.15) is 21.6 Å². The Balaban J connectivity index is 0.000000883. The molecule has 0 unspecified atom stereocenters. The van der Waals surface area contributed by atoms with Crippen molar-refractivity contribution in [2.24, 2.45) is 0 Å². The normalized spacial score (nSPS) is 10.4. The number of carbonyl (C=O) groups excluding carboxylic acids is 3. The summed E-state index contributed by atoms with van der Waals surface area (Å²) in [5.41, 5.74) is -5.64. The first-order valence-electron chi connectivity index (χ1n) is 16.1. The van der Waals surface area contributed by atoms with Gasteiger partial charge in [-0.25, -0.2) is 59.0 Å². The van der Waals surface area contributed by atoms with Crippen molar-refractivity contribution in [3.8, 4) is 11.5 Å². The van der Waals surface area contributed by atoms with Gasteiger partial charge in [0.2, 0.25) is 0 Å². The number of carboxylic acids is 1. The van der Waals surface area contributed by atoms with Crippen LogP contribution in [0.1, 0.15) is 55.2 Å². The molecule has 0 atom stereocenters. The molecule has 6 rings (SSSR count). The molecule has 33 heteroatoms. The summed E-state index contributed by atoms with van der Waals surface area (Å²) in [6, 6.07) is 0. The van der Waals surface area contributed by atoms with E-state index in [1.54, 1.807) is 18.7 Å². The molecule has 6 aromatic heterocycles. The van der Waals surface area contributed by atoms with Crippen LogP contribution in [0.25, 0.3) is 20.4 Å². The number of rotatable bonds is 10. The number of ether oxygens (including phenoxy) is 3. The van der Waals surface area contributed by atoms with E-state index in [4.69, 9.17) is 28.3 Å². The molecule has 0 aliphatic heterocycles. The van der Waals surface area contributed by atoms with Crippen LogP contribution in [0.2, 0.25) is 10.0 Å². The van der Waals surface area contributed by atoms with Gasteiger partial charge in [0.15, 0.2) is 42.6 Å². The van der Waals surface area contributed by atoms with Crippen LogP contribution in [0.4, 0.5) is 13.2 Å². The van der Waals surface area contributed by atoms with Crippen LogP contribution in [0.15, 0.2) is 45.4 Å². The van der Waals surface area contributed by atoms with Crippen LogP contribution < -0.4 is 38.8 Å². The van der Waals surface area contributed by atoms with Crippen molar-refractivity contribution < 1.29 is 98.9 Å². The van der Waals surface area contributed by atoms with Gasteiger partial charge < -0.3 is 28.6 Å². The molecule has 0 amide bonds. The van der Waals surface area contributed by atoms with Gasteiger partial charge >= 0.3 is 69.1 Å².